The van der Waals surface area contributed by atoms with E-state index in [4.69, 9.17) is 4.74 Å². The Morgan fingerprint density at radius 1 is 1.32 bits per heavy atom. The number of ether oxygens (including phenoxy) is 2. The van der Waals surface area contributed by atoms with Crippen LogP contribution in [0, 0.1) is 10.1 Å². The number of hydrogen-bond acceptors (Lipinski definition) is 7. The predicted molar refractivity (Wildman–Crippen MR) is 75.5 cm³/mol. The van der Waals surface area contributed by atoms with Gasteiger partial charge in [-0.05, 0) is 11.6 Å². The number of anilines is 1. The van der Waals surface area contributed by atoms with Crippen molar-refractivity contribution in [2.45, 2.75) is 12.5 Å². The second-order valence-corrected chi connectivity index (χ2v) is 4.54. The fourth-order valence-electron chi connectivity index (χ4n) is 2.31. The number of fused-ring (bicyclic) bond motifs is 1. The summed E-state index contributed by atoms with van der Waals surface area (Å²) in [5.41, 5.74) is 0.691. The Morgan fingerprint density at radius 2 is 2.00 bits per heavy atom. The first-order valence-electron chi connectivity index (χ1n) is 6.38. The van der Waals surface area contributed by atoms with Crippen molar-refractivity contribution in [1.29, 1.82) is 0 Å². The topological polar surface area (TPSA) is 99.0 Å². The Balaban J connectivity index is 2.49. The van der Waals surface area contributed by atoms with Gasteiger partial charge in [0.15, 0.2) is 0 Å². The molecule has 0 N–H and O–H groups in total. The van der Waals surface area contributed by atoms with E-state index < -0.39 is 28.6 Å². The third-order valence-electron chi connectivity index (χ3n) is 3.34. The molecule has 1 unspecified atom stereocenters. The zero-order chi connectivity index (χ0) is 16.3. The van der Waals surface area contributed by atoms with Crippen LogP contribution in [-0.4, -0.2) is 37.1 Å². The summed E-state index contributed by atoms with van der Waals surface area (Å²) in [4.78, 5) is 35.0. The maximum absolute atomic E-state index is 11.9. The number of carbonyl (C=O) groups is 2. The third-order valence-corrected chi connectivity index (χ3v) is 3.34. The highest BCUT2D eigenvalue weighted by molar-refractivity contribution is 5.89. The molecule has 0 amide bonds. The first kappa shape index (κ1) is 15.5. The molecule has 0 aliphatic carbocycles. The first-order valence-corrected chi connectivity index (χ1v) is 6.38. The standard InChI is InChI=1S/C14H14N2O6/c1-21-13(17)11-7-9-5-3-4-6-10(9)15(11)8-12(16(19)20)14(18)22-2/h3-6,8,11H,7H2,1-2H3/b12-8-. The molecule has 1 aromatic carbocycles. The Labute approximate surface area is 126 Å². The van der Waals surface area contributed by atoms with Gasteiger partial charge in [-0.15, -0.1) is 0 Å². The van der Waals surface area contributed by atoms with E-state index in [0.29, 0.717) is 12.1 Å². The summed E-state index contributed by atoms with van der Waals surface area (Å²) in [6, 6.07) is 6.30. The molecule has 2 rings (SSSR count). The zero-order valence-electron chi connectivity index (χ0n) is 12.0. The quantitative estimate of drug-likeness (QED) is 0.352. The molecular formula is C14H14N2O6. The number of para-hydroxylation sites is 1. The van der Waals surface area contributed by atoms with Crippen LogP contribution >= 0.6 is 0 Å². The third kappa shape index (κ3) is 2.76. The molecule has 22 heavy (non-hydrogen) atoms. The van der Waals surface area contributed by atoms with Gasteiger partial charge in [0.2, 0.25) is 0 Å². The van der Waals surface area contributed by atoms with Gasteiger partial charge in [0.05, 0.1) is 25.3 Å². The van der Waals surface area contributed by atoms with Gasteiger partial charge < -0.3 is 14.4 Å². The van der Waals surface area contributed by atoms with Crippen molar-refractivity contribution in [2.24, 2.45) is 0 Å². The molecule has 0 saturated heterocycles. The van der Waals surface area contributed by atoms with Gasteiger partial charge in [-0.25, -0.2) is 9.59 Å². The Bertz CT molecular complexity index is 654. The van der Waals surface area contributed by atoms with Crippen LogP contribution in [0.3, 0.4) is 0 Å². The van der Waals surface area contributed by atoms with Crippen LogP contribution in [0.2, 0.25) is 0 Å². The minimum Gasteiger partial charge on any atom is -0.467 e. The van der Waals surface area contributed by atoms with E-state index in [1.54, 1.807) is 18.2 Å². The zero-order valence-corrected chi connectivity index (χ0v) is 12.0. The average Bonchev–Trinajstić information content (AvgIpc) is 2.89. The van der Waals surface area contributed by atoms with E-state index in [-0.39, 0.29) is 0 Å². The van der Waals surface area contributed by atoms with Crippen LogP contribution in [0.5, 0.6) is 0 Å². The van der Waals surface area contributed by atoms with Crippen LogP contribution in [0.25, 0.3) is 0 Å². The number of hydrogen-bond donors (Lipinski definition) is 0. The summed E-state index contributed by atoms with van der Waals surface area (Å²) in [7, 11) is 2.29. The van der Waals surface area contributed by atoms with Gasteiger partial charge in [-0.3, -0.25) is 10.1 Å². The fraction of sp³-hybridized carbons (Fsp3) is 0.286. The highest BCUT2D eigenvalue weighted by Gasteiger charge is 2.37. The minimum absolute atomic E-state index is 0.339. The van der Waals surface area contributed by atoms with Crippen molar-refractivity contribution in [2.75, 3.05) is 19.1 Å². The van der Waals surface area contributed by atoms with E-state index in [9.17, 15) is 19.7 Å². The van der Waals surface area contributed by atoms with Crippen LogP contribution in [0.1, 0.15) is 5.56 Å². The van der Waals surface area contributed by atoms with E-state index in [0.717, 1.165) is 18.9 Å². The van der Waals surface area contributed by atoms with Gasteiger partial charge in [0.25, 0.3) is 0 Å². The molecule has 1 aromatic rings. The maximum Gasteiger partial charge on any atom is 0.411 e. The first-order chi connectivity index (χ1) is 10.5. The van der Waals surface area contributed by atoms with Gasteiger partial charge in [0, 0.05) is 12.1 Å². The van der Waals surface area contributed by atoms with E-state index in [2.05, 4.69) is 4.74 Å². The molecular weight excluding hydrogens is 292 g/mol. The number of rotatable bonds is 4. The summed E-state index contributed by atoms with van der Waals surface area (Å²) in [6.45, 7) is 0. The minimum atomic E-state index is -1.09. The number of carbonyl (C=O) groups excluding carboxylic acids is 2. The van der Waals surface area contributed by atoms with Crippen molar-refractivity contribution in [3.8, 4) is 0 Å². The Hall–Kier alpha value is -2.90. The molecule has 0 radical (unpaired) electrons. The molecule has 0 fully saturated rings. The summed E-state index contributed by atoms with van der Waals surface area (Å²) < 4.78 is 9.13. The fourth-order valence-corrected chi connectivity index (χ4v) is 2.31. The highest BCUT2D eigenvalue weighted by Crippen LogP contribution is 2.33. The predicted octanol–water partition coefficient (Wildman–Crippen LogP) is 0.882. The van der Waals surface area contributed by atoms with E-state index in [1.807, 2.05) is 6.07 Å². The van der Waals surface area contributed by atoms with Gasteiger partial charge in [-0.2, -0.15) is 0 Å². The van der Waals surface area contributed by atoms with Crippen molar-refractivity contribution >= 4 is 17.6 Å². The van der Waals surface area contributed by atoms with Crippen molar-refractivity contribution in [3.05, 3.63) is 51.8 Å². The van der Waals surface area contributed by atoms with Gasteiger partial charge >= 0.3 is 17.6 Å². The summed E-state index contributed by atoms with van der Waals surface area (Å²) >= 11 is 0. The lowest BCUT2D eigenvalue weighted by atomic mass is 10.1. The molecule has 8 nitrogen and oxygen atoms in total. The van der Waals surface area contributed by atoms with Gasteiger partial charge in [0.1, 0.15) is 6.04 Å². The molecule has 1 aliphatic rings. The summed E-state index contributed by atoms with van der Waals surface area (Å²) in [5.74, 6) is -1.63. The molecule has 116 valence electrons. The lowest BCUT2D eigenvalue weighted by Crippen LogP contribution is -2.37. The van der Waals surface area contributed by atoms with Gasteiger partial charge in [-0.1, -0.05) is 18.2 Å². The van der Waals surface area contributed by atoms with Crippen LogP contribution in [-0.2, 0) is 25.5 Å². The number of nitro groups is 1. The van der Waals surface area contributed by atoms with Crippen LogP contribution < -0.4 is 4.90 Å². The summed E-state index contributed by atoms with van der Waals surface area (Å²) in [5, 5.41) is 11.0. The number of benzene rings is 1. The normalized spacial score (nSPS) is 16.9. The lowest BCUT2D eigenvalue weighted by Gasteiger charge is -2.20. The van der Waals surface area contributed by atoms with E-state index in [1.165, 1.54) is 12.0 Å². The van der Waals surface area contributed by atoms with Crippen LogP contribution in [0.15, 0.2) is 36.2 Å². The van der Waals surface area contributed by atoms with Crippen LogP contribution in [0.4, 0.5) is 5.69 Å². The molecule has 0 bridgehead atoms. The van der Waals surface area contributed by atoms with Crippen molar-refractivity contribution in [1.82, 2.24) is 0 Å². The number of methoxy groups -OCH3 is 2. The maximum atomic E-state index is 11.9. The molecule has 0 aromatic heterocycles. The smallest absolute Gasteiger partial charge is 0.411 e. The van der Waals surface area contributed by atoms with Crippen molar-refractivity contribution < 1.29 is 24.0 Å². The molecule has 0 spiro atoms. The lowest BCUT2D eigenvalue weighted by molar-refractivity contribution is -0.421. The van der Waals surface area contributed by atoms with E-state index >= 15 is 0 Å². The number of esters is 2. The molecule has 1 atom stereocenters. The second-order valence-electron chi connectivity index (χ2n) is 4.54. The Kier molecular flexibility index (Phi) is 4.40. The second kappa shape index (κ2) is 6.25. The monoisotopic (exact) mass is 306 g/mol. The molecule has 1 heterocycles. The molecule has 0 saturated carbocycles. The van der Waals surface area contributed by atoms with Crippen molar-refractivity contribution in [3.63, 3.8) is 0 Å². The summed E-state index contributed by atoms with van der Waals surface area (Å²) in [6.07, 6.45) is 1.35. The Morgan fingerprint density at radius 3 is 2.59 bits per heavy atom. The number of nitrogens with zero attached hydrogens (tertiary/aromatic N) is 2. The largest absolute Gasteiger partial charge is 0.467 e. The highest BCUT2D eigenvalue weighted by atomic mass is 16.6. The average molecular weight is 306 g/mol. The molecule has 1 aliphatic heterocycles. The SMILES string of the molecule is COC(=O)/C(=C/N1c2ccccc2CC1C(=O)OC)[N+](=O)[O-]. The molecule has 8 heteroatoms.